The van der Waals surface area contributed by atoms with Crippen molar-refractivity contribution in [1.29, 1.82) is 0 Å². The zero-order chi connectivity index (χ0) is 27.5. The highest BCUT2D eigenvalue weighted by Gasteiger charge is 2.33. The van der Waals surface area contributed by atoms with Crippen LogP contribution in [0, 0.1) is 0 Å². The van der Waals surface area contributed by atoms with Gasteiger partial charge >= 0.3 is 0 Å². The molecule has 2 aliphatic heterocycles. The van der Waals surface area contributed by atoms with Crippen LogP contribution in [0.1, 0.15) is 49.7 Å². The van der Waals surface area contributed by atoms with Gasteiger partial charge in [-0.1, -0.05) is 53.8 Å². The Morgan fingerprint density at radius 1 is 0.950 bits per heavy atom. The van der Waals surface area contributed by atoms with Gasteiger partial charge in [-0.2, -0.15) is 0 Å². The molecule has 9 heteroatoms. The van der Waals surface area contributed by atoms with E-state index in [0.717, 1.165) is 68.2 Å². The minimum atomic E-state index is -0.202. The molecule has 2 saturated heterocycles. The number of carbonyl (C=O) groups is 1. The number of anilines is 2. The van der Waals surface area contributed by atoms with Crippen LogP contribution < -0.4 is 20.1 Å². The molecule has 2 aliphatic rings. The zero-order valence-corrected chi connectivity index (χ0v) is 23.7. The van der Waals surface area contributed by atoms with Crippen molar-refractivity contribution in [3.05, 3.63) is 76.1 Å². The monoisotopic (exact) mass is 557 g/mol. The molecule has 6 rings (SSSR count). The van der Waals surface area contributed by atoms with Gasteiger partial charge in [0, 0.05) is 26.1 Å². The molecule has 8 nitrogen and oxygen atoms in total. The van der Waals surface area contributed by atoms with Crippen molar-refractivity contribution in [2.45, 2.75) is 57.5 Å². The quantitative estimate of drug-likeness (QED) is 0.284. The topological polar surface area (TPSA) is 80.6 Å². The lowest BCUT2D eigenvalue weighted by Gasteiger charge is -2.29. The second-order valence-corrected chi connectivity index (χ2v) is 11.6. The van der Waals surface area contributed by atoms with Crippen LogP contribution in [0.3, 0.4) is 0 Å². The fourth-order valence-electron chi connectivity index (χ4n) is 5.81. The molecule has 0 unspecified atom stereocenters. The molecule has 2 aromatic heterocycles. The lowest BCUT2D eigenvalue weighted by atomic mass is 10.0. The summed E-state index contributed by atoms with van der Waals surface area (Å²) in [6, 6.07) is 17.7. The Labute approximate surface area is 238 Å². The normalized spacial score (nSPS) is 17.5. The van der Waals surface area contributed by atoms with Crippen LogP contribution in [0.4, 0.5) is 11.1 Å². The Kier molecular flexibility index (Phi) is 7.82. The van der Waals surface area contributed by atoms with E-state index in [1.807, 2.05) is 42.5 Å². The third-order valence-electron chi connectivity index (χ3n) is 8.00. The van der Waals surface area contributed by atoms with Crippen LogP contribution in [0.2, 0.25) is 0 Å². The standard InChI is InChI=1S/C31H35N5O3S/c1-39-24-15-12-23(13-16-24)21-36-29(38)27-28(33-30(36)34-18-6-3-7-19-34)40-31(32-27)35-20-8-11-25(35)26(37)17-14-22-9-4-2-5-10-22/h2,4-5,9-10,12-13,15-16,25H,3,6-8,11,14,17-21H2,1H3/t25-/m1/s1. The third kappa shape index (κ3) is 5.47. The van der Waals surface area contributed by atoms with E-state index >= 15 is 0 Å². The summed E-state index contributed by atoms with van der Waals surface area (Å²) in [5.74, 6) is 1.73. The van der Waals surface area contributed by atoms with Gasteiger partial charge in [0.2, 0.25) is 5.95 Å². The van der Waals surface area contributed by atoms with E-state index in [-0.39, 0.29) is 17.4 Å². The van der Waals surface area contributed by atoms with E-state index in [0.29, 0.717) is 29.3 Å². The van der Waals surface area contributed by atoms with Crippen LogP contribution in [-0.2, 0) is 17.8 Å². The van der Waals surface area contributed by atoms with Gasteiger partial charge in [-0.05, 0) is 61.8 Å². The summed E-state index contributed by atoms with van der Waals surface area (Å²) >= 11 is 1.44. The van der Waals surface area contributed by atoms with Crippen LogP contribution >= 0.6 is 11.3 Å². The first-order valence-electron chi connectivity index (χ1n) is 14.2. The number of aryl methyl sites for hydroxylation is 1. The summed E-state index contributed by atoms with van der Waals surface area (Å²) in [5, 5.41) is 0.724. The van der Waals surface area contributed by atoms with Crippen molar-refractivity contribution in [3.8, 4) is 5.75 Å². The Hall–Kier alpha value is -3.72. The van der Waals surface area contributed by atoms with E-state index in [4.69, 9.17) is 14.7 Å². The maximum absolute atomic E-state index is 14.0. The molecule has 0 bridgehead atoms. The number of fused-ring (bicyclic) bond motifs is 1. The highest BCUT2D eigenvalue weighted by atomic mass is 32.1. The molecule has 0 saturated carbocycles. The molecular formula is C31H35N5O3S. The number of benzene rings is 2. The number of aromatic nitrogens is 3. The van der Waals surface area contributed by atoms with Crippen LogP contribution in [0.15, 0.2) is 59.4 Å². The van der Waals surface area contributed by atoms with Gasteiger partial charge in [-0.3, -0.25) is 14.2 Å². The second kappa shape index (κ2) is 11.8. The lowest BCUT2D eigenvalue weighted by Crippen LogP contribution is -2.37. The summed E-state index contributed by atoms with van der Waals surface area (Å²) in [7, 11) is 1.65. The minimum Gasteiger partial charge on any atom is -0.497 e. The van der Waals surface area contributed by atoms with Gasteiger partial charge in [0.05, 0.1) is 19.7 Å². The number of hydrogen-bond donors (Lipinski definition) is 0. The number of ether oxygens (including phenoxy) is 1. The first-order valence-corrected chi connectivity index (χ1v) is 15.0. The predicted molar refractivity (Wildman–Crippen MR) is 160 cm³/mol. The maximum Gasteiger partial charge on any atom is 0.282 e. The first-order chi connectivity index (χ1) is 19.6. The maximum atomic E-state index is 14.0. The summed E-state index contributed by atoms with van der Waals surface area (Å²) in [5.41, 5.74) is 2.43. The van der Waals surface area contributed by atoms with Crippen LogP contribution in [0.25, 0.3) is 10.3 Å². The van der Waals surface area contributed by atoms with Crippen LogP contribution in [-0.4, -0.2) is 53.1 Å². The summed E-state index contributed by atoms with van der Waals surface area (Å²) in [6.45, 7) is 2.95. The Morgan fingerprint density at radius 2 is 1.73 bits per heavy atom. The zero-order valence-electron chi connectivity index (χ0n) is 22.9. The second-order valence-electron chi connectivity index (χ2n) is 10.7. The molecule has 2 fully saturated rings. The largest absolute Gasteiger partial charge is 0.497 e. The average molecular weight is 558 g/mol. The molecule has 0 N–H and O–H groups in total. The van der Waals surface area contributed by atoms with E-state index in [1.54, 1.807) is 11.7 Å². The summed E-state index contributed by atoms with van der Waals surface area (Å²) in [4.78, 5) is 42.1. The number of carbonyl (C=O) groups excluding carboxylic acids is 1. The molecular weight excluding hydrogens is 522 g/mol. The smallest absolute Gasteiger partial charge is 0.282 e. The summed E-state index contributed by atoms with van der Waals surface area (Å²) in [6.07, 6.45) is 6.36. The summed E-state index contributed by atoms with van der Waals surface area (Å²) < 4.78 is 7.08. The van der Waals surface area contributed by atoms with Crippen molar-refractivity contribution < 1.29 is 9.53 Å². The molecule has 2 aromatic carbocycles. The van der Waals surface area contributed by atoms with Crippen molar-refractivity contribution in [2.24, 2.45) is 0 Å². The SMILES string of the molecule is COc1ccc(Cn2c(N3CCCCC3)nc3sc(N4CCC[C@@H]4C(=O)CCc4ccccc4)nc3c2=O)cc1. The molecule has 0 radical (unpaired) electrons. The van der Waals surface area contributed by atoms with Crippen LogP contribution in [0.5, 0.6) is 5.75 Å². The van der Waals surface area contributed by atoms with Crippen molar-refractivity contribution in [3.63, 3.8) is 0 Å². The highest BCUT2D eigenvalue weighted by Crippen LogP contribution is 2.33. The fraction of sp³-hybridized carbons (Fsp3) is 0.419. The van der Waals surface area contributed by atoms with E-state index in [1.165, 1.54) is 23.3 Å². The van der Waals surface area contributed by atoms with E-state index in [2.05, 4.69) is 21.9 Å². The minimum absolute atomic E-state index is 0.130. The number of piperidine rings is 1. The third-order valence-corrected chi connectivity index (χ3v) is 8.99. The molecule has 4 aromatic rings. The number of thiazole rings is 1. The van der Waals surface area contributed by atoms with Gasteiger partial charge in [0.25, 0.3) is 5.56 Å². The number of hydrogen-bond acceptors (Lipinski definition) is 8. The number of nitrogens with zero attached hydrogens (tertiary/aromatic N) is 5. The van der Waals surface area contributed by atoms with Gasteiger partial charge in [-0.15, -0.1) is 0 Å². The molecule has 1 atom stereocenters. The number of rotatable bonds is 9. The Bertz CT molecular complexity index is 1530. The molecule has 208 valence electrons. The lowest BCUT2D eigenvalue weighted by molar-refractivity contribution is -0.120. The first kappa shape index (κ1) is 26.5. The number of methoxy groups -OCH3 is 1. The number of ketones is 1. The van der Waals surface area contributed by atoms with E-state index < -0.39 is 0 Å². The van der Waals surface area contributed by atoms with Crippen molar-refractivity contribution >= 4 is 38.5 Å². The van der Waals surface area contributed by atoms with Gasteiger partial charge in [-0.25, -0.2) is 9.97 Å². The Morgan fingerprint density at radius 3 is 2.48 bits per heavy atom. The molecule has 0 amide bonds. The fourth-order valence-corrected chi connectivity index (χ4v) is 6.81. The molecule has 0 spiro atoms. The molecule has 0 aliphatic carbocycles. The van der Waals surface area contributed by atoms with Crippen molar-refractivity contribution in [1.82, 2.24) is 14.5 Å². The Balaban J connectivity index is 1.31. The number of Topliss-reactive ketones (excluding diaryl/α,β-unsaturated/α-hetero) is 1. The predicted octanol–water partition coefficient (Wildman–Crippen LogP) is 5.07. The molecule has 4 heterocycles. The van der Waals surface area contributed by atoms with E-state index in [9.17, 15) is 9.59 Å². The molecule has 40 heavy (non-hydrogen) atoms. The highest BCUT2D eigenvalue weighted by molar-refractivity contribution is 7.21. The van der Waals surface area contributed by atoms with Gasteiger partial charge in [0.15, 0.2) is 21.3 Å². The average Bonchev–Trinajstić information content (AvgIpc) is 3.66. The van der Waals surface area contributed by atoms with Gasteiger partial charge < -0.3 is 14.5 Å². The van der Waals surface area contributed by atoms with Crippen molar-refractivity contribution in [2.75, 3.05) is 36.5 Å². The van der Waals surface area contributed by atoms with Gasteiger partial charge in [0.1, 0.15) is 5.75 Å².